The summed E-state index contributed by atoms with van der Waals surface area (Å²) in [4.78, 5) is 54.4. The Hall–Kier alpha value is -5.53. The molecule has 0 N–H and O–H groups in total. The zero-order chi connectivity index (χ0) is 36.1. The number of unbranched alkanes of at least 4 members (excludes halogenated alkanes) is 1. The molecule has 9 heteroatoms. The highest BCUT2D eigenvalue weighted by molar-refractivity contribution is 5.89. The van der Waals surface area contributed by atoms with Crippen molar-refractivity contribution in [3.8, 4) is 11.5 Å². The molecule has 0 bridgehead atoms. The number of nitrogens with zero attached hydrogens (tertiary/aromatic N) is 2. The fraction of sp³-hybridized carbons (Fsp3) is 0.317. The van der Waals surface area contributed by atoms with Gasteiger partial charge in [0.1, 0.15) is 11.5 Å². The number of imide groups is 1. The summed E-state index contributed by atoms with van der Waals surface area (Å²) < 4.78 is 16.3. The van der Waals surface area contributed by atoms with E-state index in [1.54, 1.807) is 31.2 Å². The van der Waals surface area contributed by atoms with Gasteiger partial charge in [-0.1, -0.05) is 113 Å². The van der Waals surface area contributed by atoms with Crippen LogP contribution in [0.25, 0.3) is 0 Å². The predicted molar refractivity (Wildman–Crippen MR) is 191 cm³/mol. The molecule has 0 saturated heterocycles. The van der Waals surface area contributed by atoms with Crippen LogP contribution in [0.1, 0.15) is 76.1 Å². The Morgan fingerprint density at radius 2 is 1.08 bits per heavy atom. The number of isocyanates is 1. The highest BCUT2D eigenvalue weighted by Crippen LogP contribution is 2.33. The van der Waals surface area contributed by atoms with Crippen molar-refractivity contribution < 1.29 is 33.4 Å². The molecule has 9 nitrogen and oxygen atoms in total. The number of benzene rings is 4. The molecule has 4 rings (SSSR count). The summed E-state index contributed by atoms with van der Waals surface area (Å²) in [6.07, 6.45) is 0.370. The summed E-state index contributed by atoms with van der Waals surface area (Å²) in [5.74, 6) is -0.115. The maximum atomic E-state index is 13.5. The number of hydrogen-bond donors (Lipinski definition) is 0. The fourth-order valence-electron chi connectivity index (χ4n) is 5.64. The molecule has 0 aliphatic carbocycles. The van der Waals surface area contributed by atoms with E-state index in [0.717, 1.165) is 27.2 Å². The number of carbonyl (C=O) groups excluding carboxylic acids is 4. The molecule has 1 unspecified atom stereocenters. The Bertz CT molecular complexity index is 1650. The van der Waals surface area contributed by atoms with Gasteiger partial charge in [0, 0.05) is 17.4 Å². The topological polar surface area (TPSA) is 112 Å². The van der Waals surface area contributed by atoms with Crippen LogP contribution in [-0.4, -0.2) is 48.3 Å². The quantitative estimate of drug-likeness (QED) is 0.0568. The average Bonchev–Trinajstić information content (AvgIpc) is 3.12. The van der Waals surface area contributed by atoms with E-state index in [1.165, 1.54) is 6.08 Å². The van der Waals surface area contributed by atoms with Crippen LogP contribution >= 0.6 is 0 Å². The number of esters is 1. The monoisotopic (exact) mass is 676 g/mol. The van der Waals surface area contributed by atoms with Crippen molar-refractivity contribution in [1.29, 1.82) is 0 Å². The van der Waals surface area contributed by atoms with E-state index < -0.39 is 24.2 Å². The van der Waals surface area contributed by atoms with Gasteiger partial charge < -0.3 is 14.2 Å². The lowest BCUT2D eigenvalue weighted by Crippen LogP contribution is -2.41. The minimum Gasteiger partial charge on any atom is -0.464 e. The van der Waals surface area contributed by atoms with Gasteiger partial charge >= 0.3 is 18.2 Å². The number of aliphatic imine (C=N–C) groups is 1. The fourth-order valence-corrected chi connectivity index (χ4v) is 5.64. The molecule has 0 fully saturated rings. The van der Waals surface area contributed by atoms with Gasteiger partial charge in [0.2, 0.25) is 6.08 Å². The molecule has 0 aliphatic heterocycles. The van der Waals surface area contributed by atoms with E-state index >= 15 is 0 Å². The molecule has 50 heavy (non-hydrogen) atoms. The maximum Gasteiger partial charge on any atom is 0.424 e. The van der Waals surface area contributed by atoms with Crippen molar-refractivity contribution >= 4 is 24.2 Å². The first kappa shape index (κ1) is 37.3. The summed E-state index contributed by atoms with van der Waals surface area (Å²) in [7, 11) is 0. The van der Waals surface area contributed by atoms with Gasteiger partial charge in [-0.05, 0) is 72.7 Å². The summed E-state index contributed by atoms with van der Waals surface area (Å²) in [5, 5.41) is 0. The lowest BCUT2D eigenvalue weighted by atomic mass is 9.78. The van der Waals surface area contributed by atoms with Crippen LogP contribution in [-0.2, 0) is 25.2 Å². The molecule has 0 aromatic heterocycles. The third-order valence-corrected chi connectivity index (χ3v) is 8.87. The minimum absolute atomic E-state index is 0.0732. The minimum atomic E-state index is -1.02. The van der Waals surface area contributed by atoms with Crippen LogP contribution in [0, 0.1) is 0 Å². The molecule has 4 aromatic rings. The second-order valence-corrected chi connectivity index (χ2v) is 12.9. The highest BCUT2D eigenvalue weighted by atomic mass is 16.6. The van der Waals surface area contributed by atoms with E-state index in [-0.39, 0.29) is 48.3 Å². The smallest absolute Gasteiger partial charge is 0.424 e. The standard InChI is InChI=1S/C41H44N2O7/c1-6-48-37(45)36(42-29-44)19-13-14-28-43(38(46)49-34-24-20-32(21-25-34)40(2,3)30-15-9-7-10-16-30)39(47)50-35-26-22-33(23-27-35)41(4,5)31-17-11-8-12-18-31/h7-12,15-18,20-27,36H,6,13-14,19,28H2,1-5H3. The first-order chi connectivity index (χ1) is 24.0. The van der Waals surface area contributed by atoms with Gasteiger partial charge in [-0.25, -0.2) is 24.1 Å². The summed E-state index contributed by atoms with van der Waals surface area (Å²) in [6, 6.07) is 33.5. The highest BCUT2D eigenvalue weighted by Gasteiger charge is 2.28. The normalized spacial score (nSPS) is 11.9. The van der Waals surface area contributed by atoms with Crippen LogP contribution in [0.3, 0.4) is 0 Å². The zero-order valence-electron chi connectivity index (χ0n) is 29.3. The van der Waals surface area contributed by atoms with Crippen molar-refractivity contribution in [2.45, 2.75) is 70.8 Å². The molecule has 260 valence electrons. The molecule has 1 atom stereocenters. The van der Waals surface area contributed by atoms with E-state index in [1.807, 2.05) is 60.7 Å². The third-order valence-electron chi connectivity index (χ3n) is 8.87. The molecular formula is C41H44N2O7. The third kappa shape index (κ3) is 9.55. The average molecular weight is 677 g/mol. The van der Waals surface area contributed by atoms with Crippen molar-refractivity contribution in [3.05, 3.63) is 131 Å². The molecule has 0 heterocycles. The Balaban J connectivity index is 1.48. The molecule has 0 aliphatic rings. The molecule has 0 radical (unpaired) electrons. The molecule has 2 amide bonds. The van der Waals surface area contributed by atoms with Crippen LogP contribution < -0.4 is 9.47 Å². The van der Waals surface area contributed by atoms with Crippen LogP contribution in [0.15, 0.2) is 114 Å². The largest absolute Gasteiger partial charge is 0.464 e. The van der Waals surface area contributed by atoms with Crippen molar-refractivity contribution in [1.82, 2.24) is 4.90 Å². The lowest BCUT2D eigenvalue weighted by molar-refractivity contribution is -0.144. The van der Waals surface area contributed by atoms with E-state index in [9.17, 15) is 19.2 Å². The number of amides is 2. The van der Waals surface area contributed by atoms with Gasteiger partial charge in [-0.15, -0.1) is 0 Å². The number of hydrogen-bond acceptors (Lipinski definition) is 8. The van der Waals surface area contributed by atoms with Gasteiger partial charge in [0.15, 0.2) is 6.04 Å². The lowest BCUT2D eigenvalue weighted by Gasteiger charge is -2.26. The Labute approximate surface area is 293 Å². The van der Waals surface area contributed by atoms with Crippen LogP contribution in [0.2, 0.25) is 0 Å². The first-order valence-electron chi connectivity index (χ1n) is 16.7. The Kier molecular flexibility index (Phi) is 12.8. The summed E-state index contributed by atoms with van der Waals surface area (Å²) in [5.41, 5.74) is 3.74. The summed E-state index contributed by atoms with van der Waals surface area (Å²) in [6.45, 7) is 10.2. The van der Waals surface area contributed by atoms with E-state index in [2.05, 4.69) is 57.0 Å². The SMILES string of the molecule is CCOC(=O)C(CCCCN(C(=O)Oc1ccc(C(C)(C)c2ccccc2)cc1)C(=O)Oc1ccc(C(C)(C)c2ccccc2)cc1)N=C=O. The molecule has 4 aromatic carbocycles. The zero-order valence-corrected chi connectivity index (χ0v) is 29.3. The number of ether oxygens (including phenoxy) is 3. The number of carbonyl (C=O) groups is 3. The van der Waals surface area contributed by atoms with Gasteiger partial charge in [0.25, 0.3) is 0 Å². The first-order valence-corrected chi connectivity index (χ1v) is 16.7. The van der Waals surface area contributed by atoms with Crippen molar-refractivity contribution in [2.75, 3.05) is 13.2 Å². The van der Waals surface area contributed by atoms with E-state index in [4.69, 9.17) is 14.2 Å². The number of rotatable bonds is 14. The van der Waals surface area contributed by atoms with Crippen LogP contribution in [0.4, 0.5) is 9.59 Å². The van der Waals surface area contributed by atoms with Crippen molar-refractivity contribution in [3.63, 3.8) is 0 Å². The van der Waals surface area contributed by atoms with Gasteiger partial charge in [0.05, 0.1) is 6.61 Å². The van der Waals surface area contributed by atoms with Crippen molar-refractivity contribution in [2.24, 2.45) is 4.99 Å². The van der Waals surface area contributed by atoms with E-state index in [0.29, 0.717) is 6.42 Å². The Morgan fingerprint density at radius 1 is 0.660 bits per heavy atom. The molecular weight excluding hydrogens is 632 g/mol. The Morgan fingerprint density at radius 3 is 1.48 bits per heavy atom. The molecule has 0 saturated carbocycles. The summed E-state index contributed by atoms with van der Waals surface area (Å²) >= 11 is 0. The van der Waals surface area contributed by atoms with Gasteiger partial charge in [-0.3, -0.25) is 0 Å². The maximum absolute atomic E-state index is 13.5. The molecule has 0 spiro atoms. The second-order valence-electron chi connectivity index (χ2n) is 12.9. The second kappa shape index (κ2) is 17.2. The van der Waals surface area contributed by atoms with Gasteiger partial charge in [-0.2, -0.15) is 4.99 Å². The predicted octanol–water partition coefficient (Wildman–Crippen LogP) is 8.78. The van der Waals surface area contributed by atoms with Crippen LogP contribution in [0.5, 0.6) is 11.5 Å².